The highest BCUT2D eigenvalue weighted by atomic mass is 16.5. The third kappa shape index (κ3) is 5.23. The zero-order valence-electron chi connectivity index (χ0n) is 17.4. The topological polar surface area (TPSA) is 106 Å². The van der Waals surface area contributed by atoms with E-state index in [4.69, 9.17) is 4.74 Å². The van der Waals surface area contributed by atoms with Crippen LogP contribution in [-0.2, 0) is 11.2 Å². The molecule has 160 valence electrons. The lowest BCUT2D eigenvalue weighted by molar-refractivity contribution is -0.116. The standard InChI is InChI=1S/C24H21N5O3/c1-25-24(31)21-14-18(12-13-26-21)32-17-9-6-16(7-10-17)8-11-23(30)29-22-15-27-19-4-2-3-5-20(19)28-22/h2-7,9-10,12-15H,8,11H2,1H3,(H,25,31)(H,28,29,30). The molecule has 0 aliphatic carbocycles. The van der Waals surface area contributed by atoms with Gasteiger partial charge in [0.15, 0.2) is 5.82 Å². The van der Waals surface area contributed by atoms with Crippen LogP contribution in [0.1, 0.15) is 22.5 Å². The zero-order valence-corrected chi connectivity index (χ0v) is 17.4. The molecular formula is C24H21N5O3. The molecule has 4 aromatic rings. The maximum Gasteiger partial charge on any atom is 0.269 e. The van der Waals surface area contributed by atoms with E-state index in [9.17, 15) is 9.59 Å². The Morgan fingerprint density at radius 2 is 1.72 bits per heavy atom. The molecule has 0 aliphatic heterocycles. The summed E-state index contributed by atoms with van der Waals surface area (Å²) in [5.74, 6) is 1.17. The number of fused-ring (bicyclic) bond motifs is 1. The molecule has 32 heavy (non-hydrogen) atoms. The van der Waals surface area contributed by atoms with Crippen LogP contribution in [0.25, 0.3) is 11.0 Å². The van der Waals surface area contributed by atoms with Crippen molar-refractivity contribution in [1.82, 2.24) is 20.3 Å². The van der Waals surface area contributed by atoms with E-state index in [0.29, 0.717) is 30.2 Å². The third-order valence-electron chi connectivity index (χ3n) is 4.71. The summed E-state index contributed by atoms with van der Waals surface area (Å²) >= 11 is 0. The molecule has 0 saturated heterocycles. The van der Waals surface area contributed by atoms with Gasteiger partial charge in [-0.3, -0.25) is 19.6 Å². The number of carbonyl (C=O) groups excluding carboxylic acids is 2. The van der Waals surface area contributed by atoms with E-state index in [-0.39, 0.29) is 17.5 Å². The monoisotopic (exact) mass is 427 g/mol. The van der Waals surface area contributed by atoms with Crippen molar-refractivity contribution >= 4 is 28.7 Å². The Balaban J connectivity index is 1.31. The third-order valence-corrected chi connectivity index (χ3v) is 4.71. The second kappa shape index (κ2) is 9.65. The summed E-state index contributed by atoms with van der Waals surface area (Å²) in [5.41, 5.74) is 2.79. The van der Waals surface area contributed by atoms with Crippen LogP contribution < -0.4 is 15.4 Å². The molecule has 0 atom stereocenters. The highest BCUT2D eigenvalue weighted by Crippen LogP contribution is 2.22. The fourth-order valence-electron chi connectivity index (χ4n) is 3.07. The number of anilines is 1. The molecule has 0 bridgehead atoms. The van der Waals surface area contributed by atoms with Gasteiger partial charge >= 0.3 is 0 Å². The van der Waals surface area contributed by atoms with Gasteiger partial charge < -0.3 is 15.4 Å². The Kier molecular flexibility index (Phi) is 6.31. The van der Waals surface area contributed by atoms with E-state index in [1.165, 1.54) is 6.20 Å². The van der Waals surface area contributed by atoms with Crippen molar-refractivity contribution in [3.05, 3.63) is 84.3 Å². The van der Waals surface area contributed by atoms with E-state index < -0.39 is 0 Å². The first kappa shape index (κ1) is 20.9. The van der Waals surface area contributed by atoms with Crippen LogP contribution in [0.5, 0.6) is 11.5 Å². The number of benzene rings is 2. The minimum absolute atomic E-state index is 0.131. The number of nitrogens with one attached hydrogen (secondary N) is 2. The van der Waals surface area contributed by atoms with Crippen molar-refractivity contribution in [2.45, 2.75) is 12.8 Å². The zero-order chi connectivity index (χ0) is 22.3. The Hall–Kier alpha value is -4.33. The number of ether oxygens (including phenoxy) is 1. The minimum atomic E-state index is -0.279. The number of rotatable bonds is 7. The lowest BCUT2D eigenvalue weighted by Crippen LogP contribution is -2.18. The summed E-state index contributed by atoms with van der Waals surface area (Å²) in [7, 11) is 1.55. The number of aromatic nitrogens is 3. The highest BCUT2D eigenvalue weighted by molar-refractivity contribution is 5.92. The second-order valence-electron chi connectivity index (χ2n) is 6.99. The summed E-state index contributed by atoms with van der Waals surface area (Å²) < 4.78 is 5.79. The van der Waals surface area contributed by atoms with E-state index in [0.717, 1.165) is 16.6 Å². The van der Waals surface area contributed by atoms with Gasteiger partial charge in [0.25, 0.3) is 5.91 Å². The lowest BCUT2D eigenvalue weighted by atomic mass is 10.1. The number of carbonyl (C=O) groups is 2. The number of nitrogens with zero attached hydrogens (tertiary/aromatic N) is 3. The van der Waals surface area contributed by atoms with Gasteiger partial charge in [-0.1, -0.05) is 24.3 Å². The first-order valence-corrected chi connectivity index (χ1v) is 10.1. The van der Waals surface area contributed by atoms with Gasteiger partial charge in [0, 0.05) is 25.7 Å². The first-order valence-electron chi connectivity index (χ1n) is 10.1. The van der Waals surface area contributed by atoms with Gasteiger partial charge in [0.1, 0.15) is 17.2 Å². The summed E-state index contributed by atoms with van der Waals surface area (Å²) in [6.45, 7) is 0. The number of hydrogen-bond acceptors (Lipinski definition) is 6. The average Bonchev–Trinajstić information content (AvgIpc) is 2.83. The molecule has 2 amide bonds. The van der Waals surface area contributed by atoms with Crippen LogP contribution >= 0.6 is 0 Å². The average molecular weight is 427 g/mol. The molecule has 2 heterocycles. The number of amides is 2. The van der Waals surface area contributed by atoms with Gasteiger partial charge in [0.05, 0.1) is 17.2 Å². The predicted octanol–water partition coefficient (Wildman–Crippen LogP) is 3.75. The molecule has 0 aliphatic rings. The van der Waals surface area contributed by atoms with Crippen molar-refractivity contribution in [2.75, 3.05) is 12.4 Å². The van der Waals surface area contributed by atoms with Crippen LogP contribution in [0, 0.1) is 0 Å². The maximum absolute atomic E-state index is 12.3. The quantitative estimate of drug-likeness (QED) is 0.465. The molecule has 4 rings (SSSR count). The predicted molar refractivity (Wildman–Crippen MR) is 121 cm³/mol. The summed E-state index contributed by atoms with van der Waals surface area (Å²) in [6, 6.07) is 18.2. The Bertz CT molecular complexity index is 1260. The summed E-state index contributed by atoms with van der Waals surface area (Å²) in [4.78, 5) is 36.7. The van der Waals surface area contributed by atoms with E-state index in [1.807, 2.05) is 48.5 Å². The molecule has 0 saturated carbocycles. The Morgan fingerprint density at radius 3 is 2.50 bits per heavy atom. The highest BCUT2D eigenvalue weighted by Gasteiger charge is 2.08. The number of para-hydroxylation sites is 2. The van der Waals surface area contributed by atoms with Crippen LogP contribution in [0.2, 0.25) is 0 Å². The second-order valence-corrected chi connectivity index (χ2v) is 6.99. The molecule has 0 spiro atoms. The number of aryl methyl sites for hydroxylation is 1. The van der Waals surface area contributed by atoms with Crippen molar-refractivity contribution in [3.63, 3.8) is 0 Å². The summed E-state index contributed by atoms with van der Waals surface area (Å²) in [5, 5.41) is 5.32. The minimum Gasteiger partial charge on any atom is -0.457 e. The SMILES string of the molecule is CNC(=O)c1cc(Oc2ccc(CCC(=O)Nc3cnc4ccccc4n3)cc2)ccn1. The van der Waals surface area contributed by atoms with Gasteiger partial charge in [-0.2, -0.15) is 0 Å². The Labute approximate surface area is 184 Å². The molecule has 8 nitrogen and oxygen atoms in total. The van der Waals surface area contributed by atoms with E-state index in [2.05, 4.69) is 25.6 Å². The maximum atomic E-state index is 12.3. The molecule has 0 radical (unpaired) electrons. The smallest absolute Gasteiger partial charge is 0.269 e. The van der Waals surface area contributed by atoms with Gasteiger partial charge in [0.2, 0.25) is 5.91 Å². The van der Waals surface area contributed by atoms with Crippen LogP contribution in [-0.4, -0.2) is 33.8 Å². The molecular weight excluding hydrogens is 406 g/mol. The normalized spacial score (nSPS) is 10.5. The van der Waals surface area contributed by atoms with E-state index in [1.54, 1.807) is 25.4 Å². The molecule has 2 N–H and O–H groups in total. The molecule has 0 fully saturated rings. The van der Waals surface area contributed by atoms with Crippen LogP contribution in [0.3, 0.4) is 0 Å². The lowest BCUT2D eigenvalue weighted by Gasteiger charge is -2.08. The first-order chi connectivity index (χ1) is 15.6. The van der Waals surface area contributed by atoms with Gasteiger partial charge in [-0.15, -0.1) is 0 Å². The van der Waals surface area contributed by atoms with E-state index >= 15 is 0 Å². The molecule has 2 aromatic heterocycles. The van der Waals surface area contributed by atoms with Gasteiger partial charge in [-0.25, -0.2) is 4.98 Å². The van der Waals surface area contributed by atoms with Crippen molar-refractivity contribution < 1.29 is 14.3 Å². The molecule has 2 aromatic carbocycles. The van der Waals surface area contributed by atoms with Gasteiger partial charge in [-0.05, 0) is 42.3 Å². The Morgan fingerprint density at radius 1 is 0.938 bits per heavy atom. The van der Waals surface area contributed by atoms with Crippen LogP contribution in [0.15, 0.2) is 73.1 Å². The van der Waals surface area contributed by atoms with Crippen molar-refractivity contribution in [3.8, 4) is 11.5 Å². The number of pyridine rings is 1. The van der Waals surface area contributed by atoms with Crippen molar-refractivity contribution in [1.29, 1.82) is 0 Å². The van der Waals surface area contributed by atoms with Crippen molar-refractivity contribution in [2.24, 2.45) is 0 Å². The molecule has 0 unspecified atom stereocenters. The number of hydrogen-bond donors (Lipinski definition) is 2. The molecule has 8 heteroatoms. The largest absolute Gasteiger partial charge is 0.457 e. The fourth-order valence-corrected chi connectivity index (χ4v) is 3.07. The summed E-state index contributed by atoms with van der Waals surface area (Å²) in [6.07, 6.45) is 3.96. The fraction of sp³-hybridized carbons (Fsp3) is 0.125. The van der Waals surface area contributed by atoms with Crippen LogP contribution in [0.4, 0.5) is 5.82 Å².